The molecule has 0 aliphatic rings. The van der Waals surface area contributed by atoms with Crippen molar-refractivity contribution in [3.8, 4) is 0 Å². The van der Waals surface area contributed by atoms with Gasteiger partial charge < -0.3 is 4.52 Å². The van der Waals surface area contributed by atoms with Crippen LogP contribution >= 0.6 is 15.9 Å². The lowest BCUT2D eigenvalue weighted by Gasteiger charge is -1.73. The first kappa shape index (κ1) is 8.69. The summed E-state index contributed by atoms with van der Waals surface area (Å²) in [7, 11) is 0. The van der Waals surface area contributed by atoms with E-state index in [9.17, 15) is 0 Å². The van der Waals surface area contributed by atoms with Crippen LogP contribution in [-0.4, -0.2) is 5.16 Å². The first-order valence-corrected chi connectivity index (χ1v) is 3.67. The van der Waals surface area contributed by atoms with Crippen molar-refractivity contribution in [3.63, 3.8) is 0 Å². The largest absolute Gasteiger partial charge is 0.361 e. The second-order valence-electron chi connectivity index (χ2n) is 1.23. The van der Waals surface area contributed by atoms with Crippen LogP contribution in [0.15, 0.2) is 15.2 Å². The first-order chi connectivity index (χ1) is 4.30. The van der Waals surface area contributed by atoms with Crippen LogP contribution < -0.4 is 0 Å². The van der Waals surface area contributed by atoms with E-state index in [1.807, 2.05) is 20.8 Å². The minimum absolute atomic E-state index is 0.819. The highest BCUT2D eigenvalue weighted by molar-refractivity contribution is 9.10. The molecule has 0 amide bonds. The molecule has 1 aromatic heterocycles. The van der Waals surface area contributed by atoms with Gasteiger partial charge in [0.05, 0.1) is 10.7 Å². The Hall–Kier alpha value is -0.310. The van der Waals surface area contributed by atoms with E-state index < -0.39 is 0 Å². The summed E-state index contributed by atoms with van der Waals surface area (Å²) in [5.41, 5.74) is 0. The third-order valence-electron chi connectivity index (χ3n) is 0.692. The molecule has 0 aliphatic heterocycles. The molecule has 0 aliphatic carbocycles. The fraction of sp³-hybridized carbons (Fsp3) is 0.500. The number of halogens is 1. The van der Waals surface area contributed by atoms with Gasteiger partial charge in [-0.25, -0.2) is 0 Å². The molecular weight excluding hydrogens is 182 g/mol. The molecule has 0 spiro atoms. The Labute approximate surface area is 63.4 Å². The maximum atomic E-state index is 4.67. The van der Waals surface area contributed by atoms with Gasteiger partial charge in [-0.05, 0) is 22.9 Å². The summed E-state index contributed by atoms with van der Waals surface area (Å²) in [5.74, 6) is 0.819. The minimum Gasteiger partial charge on any atom is -0.361 e. The SMILES string of the molecule is CC.Cc1oncc1Br. The van der Waals surface area contributed by atoms with E-state index in [1.165, 1.54) is 0 Å². The molecule has 0 radical (unpaired) electrons. The number of aryl methyl sites for hydroxylation is 1. The van der Waals surface area contributed by atoms with Gasteiger partial charge in [0.25, 0.3) is 0 Å². The van der Waals surface area contributed by atoms with Gasteiger partial charge in [0.2, 0.25) is 0 Å². The predicted octanol–water partition coefficient (Wildman–Crippen LogP) is 2.77. The summed E-state index contributed by atoms with van der Waals surface area (Å²) in [5, 5.41) is 3.50. The van der Waals surface area contributed by atoms with Crippen molar-refractivity contribution >= 4 is 15.9 Å². The Morgan fingerprint density at radius 3 is 2.22 bits per heavy atom. The quantitative estimate of drug-likeness (QED) is 0.631. The van der Waals surface area contributed by atoms with Gasteiger partial charge in [0.1, 0.15) is 5.76 Å². The Morgan fingerprint density at radius 1 is 1.56 bits per heavy atom. The Morgan fingerprint density at radius 2 is 2.11 bits per heavy atom. The highest BCUT2D eigenvalue weighted by atomic mass is 79.9. The van der Waals surface area contributed by atoms with Crippen molar-refractivity contribution in [1.29, 1.82) is 0 Å². The summed E-state index contributed by atoms with van der Waals surface area (Å²) in [4.78, 5) is 0. The van der Waals surface area contributed by atoms with Crippen LogP contribution in [0.5, 0.6) is 0 Å². The molecule has 0 saturated heterocycles. The van der Waals surface area contributed by atoms with Gasteiger partial charge in [-0.1, -0.05) is 19.0 Å². The molecule has 0 fully saturated rings. The zero-order valence-electron chi connectivity index (χ0n) is 5.81. The van der Waals surface area contributed by atoms with Crippen molar-refractivity contribution in [3.05, 3.63) is 16.4 Å². The smallest absolute Gasteiger partial charge is 0.147 e. The van der Waals surface area contributed by atoms with E-state index >= 15 is 0 Å². The van der Waals surface area contributed by atoms with Crippen molar-refractivity contribution < 1.29 is 4.52 Å². The Kier molecular flexibility index (Phi) is 4.40. The molecule has 1 rings (SSSR count). The molecule has 3 heteroatoms. The lowest BCUT2D eigenvalue weighted by molar-refractivity contribution is 0.396. The van der Waals surface area contributed by atoms with Crippen molar-refractivity contribution in [2.45, 2.75) is 20.8 Å². The van der Waals surface area contributed by atoms with Crippen LogP contribution in [0.3, 0.4) is 0 Å². The number of hydrogen-bond acceptors (Lipinski definition) is 2. The van der Waals surface area contributed by atoms with Gasteiger partial charge in [-0.15, -0.1) is 0 Å². The lowest BCUT2D eigenvalue weighted by Crippen LogP contribution is -1.56. The second-order valence-corrected chi connectivity index (χ2v) is 2.08. The second kappa shape index (κ2) is 4.56. The predicted molar refractivity (Wildman–Crippen MR) is 40.3 cm³/mol. The van der Waals surface area contributed by atoms with E-state index in [0.29, 0.717) is 0 Å². The Balaban J connectivity index is 0.000000291. The molecule has 52 valence electrons. The third-order valence-corrected chi connectivity index (χ3v) is 1.46. The average Bonchev–Trinajstić information content (AvgIpc) is 2.23. The van der Waals surface area contributed by atoms with Crippen LogP contribution in [0.1, 0.15) is 19.6 Å². The monoisotopic (exact) mass is 191 g/mol. The topological polar surface area (TPSA) is 26.0 Å². The first-order valence-electron chi connectivity index (χ1n) is 2.87. The fourth-order valence-electron chi connectivity index (χ4n) is 0.286. The minimum atomic E-state index is 0.819. The van der Waals surface area contributed by atoms with Crippen molar-refractivity contribution in [2.75, 3.05) is 0 Å². The summed E-state index contributed by atoms with van der Waals surface area (Å²) in [6.45, 7) is 5.84. The molecule has 0 bridgehead atoms. The van der Waals surface area contributed by atoms with Crippen LogP contribution in [0.25, 0.3) is 0 Å². The standard InChI is InChI=1S/C4H4BrNO.C2H6/c1-3-4(5)2-6-7-3;1-2/h2H,1H3;1-2H3. The molecule has 0 aromatic carbocycles. The number of aromatic nitrogens is 1. The van der Waals surface area contributed by atoms with Gasteiger partial charge >= 0.3 is 0 Å². The van der Waals surface area contributed by atoms with E-state index in [4.69, 9.17) is 0 Å². The average molecular weight is 192 g/mol. The molecule has 0 N–H and O–H groups in total. The summed E-state index contributed by atoms with van der Waals surface area (Å²) in [6.07, 6.45) is 1.62. The van der Waals surface area contributed by atoms with Gasteiger partial charge in [0.15, 0.2) is 0 Å². The normalized spacial score (nSPS) is 8.00. The van der Waals surface area contributed by atoms with Crippen LogP contribution in [0.2, 0.25) is 0 Å². The molecular formula is C6H10BrNO. The number of hydrogen-bond donors (Lipinski definition) is 0. The van der Waals surface area contributed by atoms with E-state index in [0.717, 1.165) is 10.2 Å². The maximum Gasteiger partial charge on any atom is 0.147 e. The lowest BCUT2D eigenvalue weighted by atomic mass is 10.5. The van der Waals surface area contributed by atoms with E-state index in [-0.39, 0.29) is 0 Å². The molecule has 0 atom stereocenters. The van der Waals surface area contributed by atoms with Gasteiger partial charge in [-0.3, -0.25) is 0 Å². The molecule has 2 nitrogen and oxygen atoms in total. The molecule has 9 heavy (non-hydrogen) atoms. The molecule has 0 saturated carbocycles. The van der Waals surface area contributed by atoms with Gasteiger partial charge in [-0.2, -0.15) is 0 Å². The number of rotatable bonds is 0. The zero-order valence-corrected chi connectivity index (χ0v) is 7.40. The summed E-state index contributed by atoms with van der Waals surface area (Å²) in [6, 6.07) is 0. The van der Waals surface area contributed by atoms with Crippen LogP contribution in [-0.2, 0) is 0 Å². The highest BCUT2D eigenvalue weighted by Crippen LogP contribution is 2.12. The third kappa shape index (κ3) is 2.65. The summed E-state index contributed by atoms with van der Waals surface area (Å²) >= 11 is 3.21. The van der Waals surface area contributed by atoms with Crippen molar-refractivity contribution in [2.24, 2.45) is 0 Å². The fourth-order valence-corrected chi connectivity index (χ4v) is 0.442. The van der Waals surface area contributed by atoms with E-state index in [1.54, 1.807) is 6.20 Å². The van der Waals surface area contributed by atoms with Crippen molar-refractivity contribution in [1.82, 2.24) is 5.16 Å². The zero-order chi connectivity index (χ0) is 7.28. The maximum absolute atomic E-state index is 4.67. The highest BCUT2D eigenvalue weighted by Gasteiger charge is 1.93. The van der Waals surface area contributed by atoms with Gasteiger partial charge in [0, 0.05) is 0 Å². The molecule has 1 heterocycles. The van der Waals surface area contributed by atoms with Crippen LogP contribution in [0.4, 0.5) is 0 Å². The summed E-state index contributed by atoms with van der Waals surface area (Å²) < 4.78 is 5.59. The van der Waals surface area contributed by atoms with Crippen LogP contribution in [0, 0.1) is 6.92 Å². The number of nitrogens with zero attached hydrogens (tertiary/aromatic N) is 1. The van der Waals surface area contributed by atoms with E-state index in [2.05, 4.69) is 25.6 Å². The molecule has 0 unspecified atom stereocenters. The molecule has 1 aromatic rings. The Bertz CT molecular complexity index is 145.